The number of carbonyl (C=O) groups excluding carboxylic acids is 2. The SMILES string of the molecule is CCC(=O)NC(C)(C)C(=O)NCCN(C)C. The summed E-state index contributed by atoms with van der Waals surface area (Å²) in [5, 5.41) is 5.47. The van der Waals surface area contributed by atoms with Crippen LogP contribution in [0.5, 0.6) is 0 Å². The van der Waals surface area contributed by atoms with Crippen LogP contribution >= 0.6 is 0 Å². The molecular formula is C11H23N3O2. The van der Waals surface area contributed by atoms with Crippen LogP contribution in [-0.2, 0) is 9.59 Å². The van der Waals surface area contributed by atoms with Crippen molar-refractivity contribution in [2.24, 2.45) is 0 Å². The average molecular weight is 229 g/mol. The van der Waals surface area contributed by atoms with Crippen LogP contribution in [0.25, 0.3) is 0 Å². The molecule has 94 valence electrons. The predicted octanol–water partition coefficient (Wildman–Crippen LogP) is -0.0310. The number of nitrogens with zero attached hydrogens (tertiary/aromatic N) is 1. The molecule has 0 aromatic heterocycles. The molecule has 0 radical (unpaired) electrons. The highest BCUT2D eigenvalue weighted by Crippen LogP contribution is 2.02. The van der Waals surface area contributed by atoms with Gasteiger partial charge in [-0.3, -0.25) is 9.59 Å². The molecule has 2 N–H and O–H groups in total. The van der Waals surface area contributed by atoms with Gasteiger partial charge in [0.25, 0.3) is 0 Å². The first-order valence-corrected chi connectivity index (χ1v) is 5.53. The van der Waals surface area contributed by atoms with Crippen molar-refractivity contribution in [1.29, 1.82) is 0 Å². The molecule has 5 nitrogen and oxygen atoms in total. The Morgan fingerprint density at radius 3 is 2.25 bits per heavy atom. The van der Waals surface area contributed by atoms with Crippen LogP contribution in [0.3, 0.4) is 0 Å². The van der Waals surface area contributed by atoms with Gasteiger partial charge in [0.15, 0.2) is 0 Å². The lowest BCUT2D eigenvalue weighted by molar-refractivity contribution is -0.132. The highest BCUT2D eigenvalue weighted by molar-refractivity contribution is 5.90. The summed E-state index contributed by atoms with van der Waals surface area (Å²) in [6.45, 7) is 6.52. The Morgan fingerprint density at radius 2 is 1.81 bits per heavy atom. The summed E-state index contributed by atoms with van der Waals surface area (Å²) in [7, 11) is 3.88. The lowest BCUT2D eigenvalue weighted by Gasteiger charge is -2.25. The zero-order valence-electron chi connectivity index (χ0n) is 10.9. The number of hydrogen-bond acceptors (Lipinski definition) is 3. The lowest BCUT2D eigenvalue weighted by atomic mass is 10.0. The maximum Gasteiger partial charge on any atom is 0.245 e. The molecule has 0 aromatic rings. The number of carbonyl (C=O) groups is 2. The summed E-state index contributed by atoms with van der Waals surface area (Å²) < 4.78 is 0. The number of nitrogens with one attached hydrogen (secondary N) is 2. The molecule has 0 spiro atoms. The molecule has 0 bridgehead atoms. The first-order valence-electron chi connectivity index (χ1n) is 5.53. The van der Waals surface area contributed by atoms with E-state index in [0.29, 0.717) is 13.0 Å². The molecule has 0 unspecified atom stereocenters. The van der Waals surface area contributed by atoms with Gasteiger partial charge in [0.05, 0.1) is 0 Å². The number of likely N-dealkylation sites (N-methyl/N-ethyl adjacent to an activating group) is 1. The van der Waals surface area contributed by atoms with Crippen LogP contribution in [0.1, 0.15) is 27.2 Å². The Labute approximate surface area is 97.6 Å². The first-order chi connectivity index (χ1) is 7.29. The molecule has 5 heteroatoms. The van der Waals surface area contributed by atoms with Crippen LogP contribution in [0.4, 0.5) is 0 Å². The number of hydrogen-bond donors (Lipinski definition) is 2. The normalized spacial score (nSPS) is 11.4. The number of rotatable bonds is 6. The number of amides is 2. The molecule has 16 heavy (non-hydrogen) atoms. The second kappa shape index (κ2) is 6.48. The Bertz CT molecular complexity index is 250. The molecule has 0 heterocycles. The highest BCUT2D eigenvalue weighted by Gasteiger charge is 2.28. The van der Waals surface area contributed by atoms with Crippen molar-refractivity contribution in [3.63, 3.8) is 0 Å². The van der Waals surface area contributed by atoms with Gasteiger partial charge < -0.3 is 15.5 Å². The van der Waals surface area contributed by atoms with E-state index in [1.54, 1.807) is 20.8 Å². The van der Waals surface area contributed by atoms with Crippen LogP contribution in [0.15, 0.2) is 0 Å². The zero-order valence-corrected chi connectivity index (χ0v) is 10.9. The summed E-state index contributed by atoms with van der Waals surface area (Å²) in [4.78, 5) is 25.0. The van der Waals surface area contributed by atoms with Gasteiger partial charge in [-0.15, -0.1) is 0 Å². The molecule has 0 saturated heterocycles. The second-order valence-electron chi connectivity index (χ2n) is 4.59. The molecular weight excluding hydrogens is 206 g/mol. The predicted molar refractivity (Wildman–Crippen MR) is 64.1 cm³/mol. The van der Waals surface area contributed by atoms with Gasteiger partial charge in [-0.05, 0) is 27.9 Å². The Kier molecular flexibility index (Phi) is 6.03. The zero-order chi connectivity index (χ0) is 12.8. The third-order valence-electron chi connectivity index (χ3n) is 2.19. The Balaban J connectivity index is 4.09. The molecule has 0 aliphatic heterocycles. The standard InChI is InChI=1S/C11H23N3O2/c1-6-9(15)13-11(2,3)10(16)12-7-8-14(4)5/h6-8H2,1-5H3,(H,12,16)(H,13,15). The molecule has 0 saturated carbocycles. The highest BCUT2D eigenvalue weighted by atomic mass is 16.2. The van der Waals surface area contributed by atoms with Gasteiger partial charge in [0, 0.05) is 19.5 Å². The molecule has 0 atom stereocenters. The van der Waals surface area contributed by atoms with Crippen LogP contribution < -0.4 is 10.6 Å². The fraction of sp³-hybridized carbons (Fsp3) is 0.818. The van der Waals surface area contributed by atoms with E-state index in [2.05, 4.69) is 10.6 Å². The van der Waals surface area contributed by atoms with Crippen molar-refractivity contribution >= 4 is 11.8 Å². The molecule has 0 rings (SSSR count). The molecule has 0 aliphatic carbocycles. The second-order valence-corrected chi connectivity index (χ2v) is 4.59. The quantitative estimate of drug-likeness (QED) is 0.672. The maximum absolute atomic E-state index is 11.8. The van der Waals surface area contributed by atoms with E-state index in [9.17, 15) is 9.59 Å². The third kappa shape index (κ3) is 5.70. The van der Waals surface area contributed by atoms with Gasteiger partial charge in [-0.2, -0.15) is 0 Å². The Hall–Kier alpha value is -1.10. The third-order valence-corrected chi connectivity index (χ3v) is 2.19. The largest absolute Gasteiger partial charge is 0.353 e. The van der Waals surface area contributed by atoms with E-state index in [4.69, 9.17) is 0 Å². The first kappa shape index (κ1) is 14.9. The molecule has 0 aliphatic rings. The van der Waals surface area contributed by atoms with Crippen LogP contribution in [-0.4, -0.2) is 49.4 Å². The van der Waals surface area contributed by atoms with Crippen molar-refractivity contribution in [3.05, 3.63) is 0 Å². The van der Waals surface area contributed by atoms with Gasteiger partial charge >= 0.3 is 0 Å². The monoisotopic (exact) mass is 229 g/mol. The minimum absolute atomic E-state index is 0.118. The van der Waals surface area contributed by atoms with Gasteiger partial charge in [-0.1, -0.05) is 6.92 Å². The van der Waals surface area contributed by atoms with E-state index in [0.717, 1.165) is 6.54 Å². The van der Waals surface area contributed by atoms with E-state index in [-0.39, 0.29) is 11.8 Å². The lowest BCUT2D eigenvalue weighted by Crippen LogP contribution is -2.55. The van der Waals surface area contributed by atoms with Crippen molar-refractivity contribution < 1.29 is 9.59 Å². The Morgan fingerprint density at radius 1 is 1.25 bits per heavy atom. The van der Waals surface area contributed by atoms with Crippen molar-refractivity contribution in [3.8, 4) is 0 Å². The van der Waals surface area contributed by atoms with Gasteiger partial charge in [-0.25, -0.2) is 0 Å². The van der Waals surface area contributed by atoms with Gasteiger partial charge in [0.1, 0.15) is 5.54 Å². The van der Waals surface area contributed by atoms with E-state index in [1.807, 2.05) is 19.0 Å². The van der Waals surface area contributed by atoms with Crippen LogP contribution in [0, 0.1) is 0 Å². The average Bonchev–Trinajstić information content (AvgIpc) is 2.16. The molecule has 0 fully saturated rings. The van der Waals surface area contributed by atoms with Crippen molar-refractivity contribution in [2.45, 2.75) is 32.7 Å². The summed E-state index contributed by atoms with van der Waals surface area (Å²) in [6, 6.07) is 0. The summed E-state index contributed by atoms with van der Waals surface area (Å²) in [5.41, 5.74) is -0.848. The van der Waals surface area contributed by atoms with Crippen molar-refractivity contribution in [1.82, 2.24) is 15.5 Å². The summed E-state index contributed by atoms with van der Waals surface area (Å²) in [6.07, 6.45) is 0.383. The van der Waals surface area contributed by atoms with E-state index >= 15 is 0 Å². The fourth-order valence-corrected chi connectivity index (χ4v) is 1.11. The topological polar surface area (TPSA) is 61.4 Å². The minimum Gasteiger partial charge on any atom is -0.353 e. The van der Waals surface area contributed by atoms with Gasteiger partial charge in [0.2, 0.25) is 11.8 Å². The summed E-state index contributed by atoms with van der Waals surface area (Å²) in [5.74, 6) is -0.274. The smallest absolute Gasteiger partial charge is 0.245 e. The maximum atomic E-state index is 11.8. The van der Waals surface area contributed by atoms with E-state index < -0.39 is 5.54 Å². The summed E-state index contributed by atoms with van der Waals surface area (Å²) >= 11 is 0. The molecule has 2 amide bonds. The van der Waals surface area contributed by atoms with E-state index in [1.165, 1.54) is 0 Å². The fourth-order valence-electron chi connectivity index (χ4n) is 1.11. The molecule has 0 aromatic carbocycles. The minimum atomic E-state index is -0.848. The van der Waals surface area contributed by atoms with Crippen LogP contribution in [0.2, 0.25) is 0 Å². The van der Waals surface area contributed by atoms with Crippen molar-refractivity contribution in [2.75, 3.05) is 27.2 Å².